The first-order chi connectivity index (χ1) is 7.27. The molecule has 0 aliphatic carbocycles. The monoisotopic (exact) mass is 339 g/mol. The summed E-state index contributed by atoms with van der Waals surface area (Å²) in [5.41, 5.74) is 0.468. The molecule has 8 heteroatoms. The Bertz CT molecular complexity index is 474. The van der Waals surface area contributed by atoms with Gasteiger partial charge in [-0.2, -0.15) is 0 Å². The summed E-state index contributed by atoms with van der Waals surface area (Å²) in [4.78, 5) is 0. The van der Waals surface area contributed by atoms with Gasteiger partial charge in [0.05, 0.1) is 20.1 Å². The predicted molar refractivity (Wildman–Crippen MR) is 68.0 cm³/mol. The summed E-state index contributed by atoms with van der Waals surface area (Å²) < 4.78 is -1.55. The highest BCUT2D eigenvalue weighted by molar-refractivity contribution is 6.54. The average Bonchev–Trinajstić information content (AvgIpc) is 2.42. The van der Waals surface area contributed by atoms with Crippen LogP contribution in [0.5, 0.6) is 0 Å². The quantitative estimate of drug-likeness (QED) is 0.315. The van der Waals surface area contributed by atoms with Crippen LogP contribution in [0.2, 0.25) is 20.1 Å². The molecule has 0 bridgehead atoms. The molecule has 0 amide bonds. The first kappa shape index (κ1) is 13.3. The minimum atomic E-state index is -1.55. The Labute approximate surface area is 121 Å². The number of benzene rings is 1. The molecule has 2 rings (SSSR count). The maximum Gasteiger partial charge on any atom is 0.198 e. The van der Waals surface area contributed by atoms with E-state index in [1.807, 2.05) is 0 Å². The Morgan fingerprint density at radius 1 is 0.938 bits per heavy atom. The summed E-state index contributed by atoms with van der Waals surface area (Å²) in [6.07, 6.45) is -1.15. The Kier molecular flexibility index (Phi) is 3.51. The van der Waals surface area contributed by atoms with Crippen molar-refractivity contribution < 1.29 is 5.11 Å². The third-order valence-corrected chi connectivity index (χ3v) is 4.62. The molecule has 0 spiro atoms. The van der Waals surface area contributed by atoms with Crippen LogP contribution in [0.1, 0.15) is 17.4 Å². The first-order valence-corrected chi connectivity index (χ1v) is 6.24. The Balaban J connectivity index is 2.86. The van der Waals surface area contributed by atoms with Crippen molar-refractivity contribution in [2.24, 2.45) is 0 Å². The molecule has 1 aromatic rings. The van der Waals surface area contributed by atoms with Crippen LogP contribution in [0.4, 0.5) is 0 Å². The van der Waals surface area contributed by atoms with Crippen molar-refractivity contribution in [3.63, 3.8) is 0 Å². The van der Waals surface area contributed by atoms with Crippen LogP contribution in [0.3, 0.4) is 0 Å². The summed E-state index contributed by atoms with van der Waals surface area (Å²) >= 11 is 35.5. The van der Waals surface area contributed by atoms with Gasteiger partial charge in [0.25, 0.3) is 0 Å². The molecular weight excluding hydrogens is 339 g/mol. The number of alkyl halides is 2. The molecule has 1 aliphatic heterocycles. The normalized spacial score (nSPS) is 22.3. The molecule has 0 radical (unpaired) electrons. The van der Waals surface area contributed by atoms with Gasteiger partial charge in [-0.15, -0.1) is 0 Å². The predicted octanol–water partition coefficient (Wildman–Crippen LogP) is 4.48. The van der Waals surface area contributed by atoms with Crippen molar-refractivity contribution in [3.8, 4) is 0 Å². The van der Waals surface area contributed by atoms with Gasteiger partial charge in [-0.25, -0.2) is 0 Å². The third-order valence-electron chi connectivity index (χ3n) is 2.21. The average molecular weight is 342 g/mol. The lowest BCUT2D eigenvalue weighted by molar-refractivity contribution is 0.145. The van der Waals surface area contributed by atoms with E-state index in [1.54, 1.807) is 0 Å². The fourth-order valence-electron chi connectivity index (χ4n) is 1.53. The second kappa shape index (κ2) is 4.22. The lowest BCUT2D eigenvalue weighted by atomic mass is 10.1. The van der Waals surface area contributed by atoms with Crippen LogP contribution in [-0.2, 0) is 4.46 Å². The number of hydrogen-bond donors (Lipinski definition) is 2. The van der Waals surface area contributed by atoms with E-state index in [0.29, 0.717) is 0 Å². The zero-order valence-corrected chi connectivity index (χ0v) is 11.8. The molecule has 1 heterocycles. The molecule has 1 aromatic carbocycles. The van der Waals surface area contributed by atoms with Gasteiger partial charge in [-0.1, -0.05) is 69.6 Å². The molecule has 1 unspecified atom stereocenters. The Morgan fingerprint density at radius 3 is 2.00 bits per heavy atom. The first-order valence-electron chi connectivity index (χ1n) is 3.97. The zero-order chi connectivity index (χ0) is 12.2. The molecule has 1 aliphatic rings. The van der Waals surface area contributed by atoms with Gasteiger partial charge in [0.1, 0.15) is 6.23 Å². The second-order valence-corrected chi connectivity index (χ2v) is 6.01. The van der Waals surface area contributed by atoms with Crippen LogP contribution in [0.25, 0.3) is 0 Å². The lowest BCUT2D eigenvalue weighted by Gasteiger charge is -2.16. The molecule has 0 fully saturated rings. The summed E-state index contributed by atoms with van der Waals surface area (Å²) in [6, 6.07) is 0. The fraction of sp³-hybridized carbons (Fsp3) is 0.250. The van der Waals surface area contributed by atoms with E-state index in [-0.39, 0.29) is 31.2 Å². The highest BCUT2D eigenvalue weighted by Crippen LogP contribution is 2.53. The van der Waals surface area contributed by atoms with E-state index in [4.69, 9.17) is 69.6 Å². The molecule has 0 saturated heterocycles. The number of aliphatic hydroxyl groups is 1. The maximum atomic E-state index is 9.71. The minimum absolute atomic E-state index is 0.0497. The van der Waals surface area contributed by atoms with Crippen molar-refractivity contribution in [1.29, 1.82) is 0 Å². The molecule has 1 atom stereocenters. The van der Waals surface area contributed by atoms with Crippen molar-refractivity contribution in [3.05, 3.63) is 31.2 Å². The molecular formula is C8H3Cl6NO. The largest absolute Gasteiger partial charge is 0.374 e. The van der Waals surface area contributed by atoms with E-state index >= 15 is 0 Å². The fourth-order valence-corrected chi connectivity index (χ4v) is 3.34. The zero-order valence-electron chi connectivity index (χ0n) is 7.29. The van der Waals surface area contributed by atoms with Gasteiger partial charge in [-0.05, 0) is 0 Å². The highest BCUT2D eigenvalue weighted by atomic mass is 35.5. The van der Waals surface area contributed by atoms with Gasteiger partial charge in [0.2, 0.25) is 0 Å². The van der Waals surface area contributed by atoms with E-state index in [0.717, 1.165) is 0 Å². The van der Waals surface area contributed by atoms with Crippen molar-refractivity contribution in [1.82, 2.24) is 5.32 Å². The summed E-state index contributed by atoms with van der Waals surface area (Å²) in [6.45, 7) is 0. The van der Waals surface area contributed by atoms with Crippen LogP contribution in [-0.4, -0.2) is 5.11 Å². The number of hydrogen-bond acceptors (Lipinski definition) is 2. The Morgan fingerprint density at radius 2 is 1.44 bits per heavy atom. The van der Waals surface area contributed by atoms with E-state index in [9.17, 15) is 5.11 Å². The molecule has 2 N–H and O–H groups in total. The topological polar surface area (TPSA) is 32.3 Å². The molecule has 0 saturated carbocycles. The maximum absolute atomic E-state index is 9.71. The lowest BCUT2D eigenvalue weighted by Crippen LogP contribution is -2.26. The van der Waals surface area contributed by atoms with Crippen molar-refractivity contribution in [2.45, 2.75) is 10.7 Å². The van der Waals surface area contributed by atoms with Crippen molar-refractivity contribution in [2.75, 3.05) is 0 Å². The molecule has 88 valence electrons. The molecule has 2 nitrogen and oxygen atoms in total. The smallest absolute Gasteiger partial charge is 0.198 e. The van der Waals surface area contributed by atoms with Crippen LogP contribution in [0.15, 0.2) is 0 Å². The standard InChI is InChI=1S/C8H3Cl6NO/c9-3-1-2(4(10)6(12)5(3)11)8(13,14)15-7(1)16/h7,15-16H. The number of halogens is 6. The third kappa shape index (κ3) is 1.80. The van der Waals surface area contributed by atoms with Gasteiger partial charge >= 0.3 is 0 Å². The van der Waals surface area contributed by atoms with E-state index in [1.165, 1.54) is 0 Å². The number of nitrogens with one attached hydrogen (secondary N) is 1. The SMILES string of the molecule is OC1NC(Cl)(Cl)c2c(Cl)c(Cl)c(Cl)c(Cl)c21. The molecule has 16 heavy (non-hydrogen) atoms. The minimum Gasteiger partial charge on any atom is -0.374 e. The van der Waals surface area contributed by atoms with E-state index < -0.39 is 10.7 Å². The van der Waals surface area contributed by atoms with Gasteiger partial charge < -0.3 is 5.11 Å². The number of rotatable bonds is 0. The van der Waals surface area contributed by atoms with Gasteiger partial charge in [0.15, 0.2) is 4.46 Å². The highest BCUT2D eigenvalue weighted by Gasteiger charge is 2.44. The van der Waals surface area contributed by atoms with Crippen LogP contribution >= 0.6 is 69.6 Å². The van der Waals surface area contributed by atoms with Crippen molar-refractivity contribution >= 4 is 69.6 Å². The van der Waals surface area contributed by atoms with E-state index in [2.05, 4.69) is 5.32 Å². The molecule has 0 aromatic heterocycles. The summed E-state index contributed by atoms with van der Waals surface area (Å²) in [5, 5.41) is 12.5. The van der Waals surface area contributed by atoms with Crippen LogP contribution < -0.4 is 5.32 Å². The van der Waals surface area contributed by atoms with Gasteiger partial charge in [-0.3, -0.25) is 5.32 Å². The number of aliphatic hydroxyl groups excluding tert-OH is 1. The number of fused-ring (bicyclic) bond motifs is 1. The summed E-state index contributed by atoms with van der Waals surface area (Å²) in [7, 11) is 0. The second-order valence-electron chi connectivity index (χ2n) is 3.17. The summed E-state index contributed by atoms with van der Waals surface area (Å²) in [5.74, 6) is 0. The Hall–Kier alpha value is 0.880. The van der Waals surface area contributed by atoms with Gasteiger partial charge in [0, 0.05) is 11.1 Å². The van der Waals surface area contributed by atoms with Crippen LogP contribution in [0, 0.1) is 0 Å².